The number of carbonyl (C=O) groups excluding carboxylic acids is 1. The smallest absolute Gasteiger partial charge is 0.229 e. The van der Waals surface area contributed by atoms with E-state index in [0.29, 0.717) is 11.7 Å². The van der Waals surface area contributed by atoms with Gasteiger partial charge in [-0.15, -0.1) is 0 Å². The lowest BCUT2D eigenvalue weighted by Gasteiger charge is -2.40. The van der Waals surface area contributed by atoms with Gasteiger partial charge in [-0.05, 0) is 12.8 Å². The Balaban J connectivity index is 1.42. The highest BCUT2D eigenvalue weighted by molar-refractivity contribution is 5.82. The average Bonchev–Trinajstić information content (AvgIpc) is 3.19. The van der Waals surface area contributed by atoms with Crippen molar-refractivity contribution in [3.8, 4) is 5.82 Å². The summed E-state index contributed by atoms with van der Waals surface area (Å²) in [7, 11) is 0. The molecular formula is C14H17N7O. The lowest BCUT2D eigenvalue weighted by Crippen LogP contribution is -2.54. The zero-order valence-electron chi connectivity index (χ0n) is 12.2. The van der Waals surface area contributed by atoms with Crippen LogP contribution in [0.25, 0.3) is 5.82 Å². The molecule has 2 aromatic rings. The van der Waals surface area contributed by atoms with Crippen LogP contribution in [0.3, 0.4) is 0 Å². The highest BCUT2D eigenvalue weighted by atomic mass is 16.2. The van der Waals surface area contributed by atoms with Gasteiger partial charge in [0, 0.05) is 32.2 Å². The minimum absolute atomic E-state index is 0.0999. The van der Waals surface area contributed by atoms with Gasteiger partial charge in [-0.3, -0.25) is 4.79 Å². The van der Waals surface area contributed by atoms with E-state index in [4.69, 9.17) is 0 Å². The van der Waals surface area contributed by atoms with Crippen LogP contribution in [0.2, 0.25) is 0 Å². The van der Waals surface area contributed by atoms with Gasteiger partial charge in [0.05, 0.1) is 5.92 Å². The van der Waals surface area contributed by atoms with Crippen LogP contribution in [0.4, 0.5) is 5.82 Å². The lowest BCUT2D eigenvalue weighted by atomic mass is 9.98. The second-order valence-electron chi connectivity index (χ2n) is 5.71. The number of hydrogen-bond acceptors (Lipinski definition) is 6. The summed E-state index contributed by atoms with van der Waals surface area (Å²) in [5.41, 5.74) is 0. The summed E-state index contributed by atoms with van der Waals surface area (Å²) in [6.07, 6.45) is 6.85. The van der Waals surface area contributed by atoms with Crippen LogP contribution in [0, 0.1) is 5.92 Å². The molecule has 2 aromatic heterocycles. The van der Waals surface area contributed by atoms with Gasteiger partial charge in [-0.2, -0.15) is 5.10 Å². The standard InChI is InChI=1S/C14H17N7O/c22-14(19-3-1-2-4-19)11-6-20(7-11)12-5-13(17-9-16-12)21-10-15-8-18-21/h5,8-11H,1-4,6-7H2. The molecule has 114 valence electrons. The maximum atomic E-state index is 12.3. The fraction of sp³-hybridized carbons (Fsp3) is 0.500. The second kappa shape index (κ2) is 5.36. The van der Waals surface area contributed by atoms with Crippen molar-refractivity contribution in [3.63, 3.8) is 0 Å². The first-order valence-corrected chi connectivity index (χ1v) is 7.52. The summed E-state index contributed by atoms with van der Waals surface area (Å²) in [5.74, 6) is 1.89. The van der Waals surface area contributed by atoms with E-state index in [2.05, 4.69) is 25.0 Å². The summed E-state index contributed by atoms with van der Waals surface area (Å²) < 4.78 is 1.60. The first kappa shape index (κ1) is 13.2. The molecule has 0 N–H and O–H groups in total. The lowest BCUT2D eigenvalue weighted by molar-refractivity contribution is -0.135. The topological polar surface area (TPSA) is 80.0 Å². The van der Waals surface area contributed by atoms with E-state index in [1.807, 2.05) is 11.0 Å². The number of hydrogen-bond donors (Lipinski definition) is 0. The zero-order chi connectivity index (χ0) is 14.9. The van der Waals surface area contributed by atoms with E-state index >= 15 is 0 Å². The molecule has 0 atom stereocenters. The predicted octanol–water partition coefficient (Wildman–Crippen LogP) is 0.116. The normalized spacial score (nSPS) is 18.5. The summed E-state index contributed by atoms with van der Waals surface area (Å²) in [6, 6.07) is 1.87. The van der Waals surface area contributed by atoms with Crippen LogP contribution in [-0.2, 0) is 4.79 Å². The third-order valence-electron chi connectivity index (χ3n) is 4.26. The second-order valence-corrected chi connectivity index (χ2v) is 5.71. The Hall–Kier alpha value is -2.51. The molecule has 1 amide bonds. The number of amides is 1. The molecule has 22 heavy (non-hydrogen) atoms. The number of likely N-dealkylation sites (tertiary alicyclic amines) is 1. The summed E-state index contributed by atoms with van der Waals surface area (Å²) in [5, 5.41) is 4.06. The molecule has 0 bridgehead atoms. The summed E-state index contributed by atoms with van der Waals surface area (Å²) >= 11 is 0. The molecule has 0 radical (unpaired) electrons. The van der Waals surface area contributed by atoms with E-state index < -0.39 is 0 Å². The van der Waals surface area contributed by atoms with Crippen LogP contribution in [0.15, 0.2) is 25.0 Å². The number of aromatic nitrogens is 5. The van der Waals surface area contributed by atoms with E-state index in [1.165, 1.54) is 12.7 Å². The van der Waals surface area contributed by atoms with Gasteiger partial charge in [0.2, 0.25) is 5.91 Å². The highest BCUT2D eigenvalue weighted by Gasteiger charge is 2.36. The molecule has 0 spiro atoms. The third kappa shape index (κ3) is 2.30. The Bertz CT molecular complexity index is 660. The number of rotatable bonds is 3. The van der Waals surface area contributed by atoms with E-state index in [-0.39, 0.29) is 5.92 Å². The van der Waals surface area contributed by atoms with Gasteiger partial charge < -0.3 is 9.80 Å². The molecule has 4 rings (SSSR count). The Morgan fingerprint density at radius 2 is 1.86 bits per heavy atom. The first-order chi connectivity index (χ1) is 10.8. The van der Waals surface area contributed by atoms with Crippen molar-refractivity contribution in [2.45, 2.75) is 12.8 Å². The molecule has 2 aliphatic rings. The van der Waals surface area contributed by atoms with Crippen molar-refractivity contribution < 1.29 is 4.79 Å². The molecule has 0 unspecified atom stereocenters. The van der Waals surface area contributed by atoms with Crippen LogP contribution < -0.4 is 4.90 Å². The molecular weight excluding hydrogens is 282 g/mol. The Labute approximate surface area is 127 Å². The van der Waals surface area contributed by atoms with Gasteiger partial charge in [0.15, 0.2) is 5.82 Å². The van der Waals surface area contributed by atoms with Gasteiger partial charge in [0.1, 0.15) is 24.8 Å². The largest absolute Gasteiger partial charge is 0.355 e. The van der Waals surface area contributed by atoms with E-state index in [0.717, 1.165) is 44.8 Å². The number of nitrogens with zero attached hydrogens (tertiary/aromatic N) is 7. The molecule has 2 saturated heterocycles. The van der Waals surface area contributed by atoms with Gasteiger partial charge in [-0.25, -0.2) is 19.6 Å². The van der Waals surface area contributed by atoms with Crippen LogP contribution in [0.5, 0.6) is 0 Å². The highest BCUT2D eigenvalue weighted by Crippen LogP contribution is 2.26. The molecule has 8 nitrogen and oxygen atoms in total. The SMILES string of the molecule is O=C(C1CN(c2cc(-n3cncn3)ncn2)C1)N1CCCC1. The molecule has 0 aliphatic carbocycles. The summed E-state index contributed by atoms with van der Waals surface area (Å²) in [6.45, 7) is 3.28. The Morgan fingerprint density at radius 3 is 2.59 bits per heavy atom. The maximum Gasteiger partial charge on any atom is 0.229 e. The molecule has 2 aliphatic heterocycles. The van der Waals surface area contributed by atoms with Gasteiger partial charge >= 0.3 is 0 Å². The molecule has 0 aromatic carbocycles. The van der Waals surface area contributed by atoms with E-state index in [1.54, 1.807) is 11.0 Å². The zero-order valence-corrected chi connectivity index (χ0v) is 12.2. The van der Waals surface area contributed by atoms with Crippen LogP contribution >= 0.6 is 0 Å². The van der Waals surface area contributed by atoms with Crippen molar-refractivity contribution in [1.29, 1.82) is 0 Å². The van der Waals surface area contributed by atoms with Crippen LogP contribution in [0.1, 0.15) is 12.8 Å². The van der Waals surface area contributed by atoms with Crippen LogP contribution in [-0.4, -0.2) is 61.7 Å². The minimum Gasteiger partial charge on any atom is -0.355 e. The van der Waals surface area contributed by atoms with Crippen molar-refractivity contribution in [3.05, 3.63) is 25.0 Å². The van der Waals surface area contributed by atoms with E-state index in [9.17, 15) is 4.79 Å². The molecule has 2 fully saturated rings. The molecule has 8 heteroatoms. The average molecular weight is 299 g/mol. The fourth-order valence-electron chi connectivity index (χ4n) is 2.98. The maximum absolute atomic E-state index is 12.3. The molecule has 4 heterocycles. The Kier molecular flexibility index (Phi) is 3.21. The summed E-state index contributed by atoms with van der Waals surface area (Å²) in [4.78, 5) is 28.8. The number of carbonyl (C=O) groups is 1. The number of anilines is 1. The van der Waals surface area contributed by atoms with Gasteiger partial charge in [-0.1, -0.05) is 0 Å². The third-order valence-corrected chi connectivity index (χ3v) is 4.26. The van der Waals surface area contributed by atoms with Crippen molar-refractivity contribution >= 4 is 11.7 Å². The monoisotopic (exact) mass is 299 g/mol. The minimum atomic E-state index is 0.0999. The first-order valence-electron chi connectivity index (χ1n) is 7.52. The molecule has 0 saturated carbocycles. The predicted molar refractivity (Wildman–Crippen MR) is 78.5 cm³/mol. The van der Waals surface area contributed by atoms with Crippen molar-refractivity contribution in [2.24, 2.45) is 5.92 Å². The van der Waals surface area contributed by atoms with Crippen molar-refractivity contribution in [2.75, 3.05) is 31.1 Å². The van der Waals surface area contributed by atoms with Crippen molar-refractivity contribution in [1.82, 2.24) is 29.6 Å². The van der Waals surface area contributed by atoms with Gasteiger partial charge in [0.25, 0.3) is 0 Å². The fourth-order valence-corrected chi connectivity index (χ4v) is 2.98. The Morgan fingerprint density at radius 1 is 1.09 bits per heavy atom. The quantitative estimate of drug-likeness (QED) is 0.800.